The molecule has 0 bridgehead atoms. The molecule has 1 N–H and O–H groups in total. The van der Waals surface area contributed by atoms with E-state index in [1.807, 2.05) is 36.4 Å². The number of hydrogen-bond acceptors (Lipinski definition) is 3. The second kappa shape index (κ2) is 4.13. The fraction of sp³-hybridized carbons (Fsp3) is 0. The molecule has 0 aliphatic carbocycles. The van der Waals surface area contributed by atoms with Gasteiger partial charge in [-0.2, -0.15) is 0 Å². The van der Waals surface area contributed by atoms with Crippen molar-refractivity contribution in [1.82, 2.24) is 4.98 Å². The third kappa shape index (κ3) is 1.94. The van der Waals surface area contributed by atoms with Crippen molar-refractivity contribution in [3.05, 3.63) is 46.9 Å². The van der Waals surface area contributed by atoms with Gasteiger partial charge in [0.25, 0.3) is 0 Å². The molecule has 0 aliphatic rings. The van der Waals surface area contributed by atoms with Crippen LogP contribution in [0.25, 0.3) is 20.8 Å². The Labute approximate surface area is 111 Å². The Morgan fingerprint density at radius 2 is 1.82 bits per heavy atom. The smallest absolute Gasteiger partial charge is 0.142 e. The molecule has 0 atom stereocenters. The van der Waals surface area contributed by atoms with E-state index in [2.05, 4.69) is 20.9 Å². The number of fused-ring (bicyclic) bond motifs is 1. The molecule has 1 heterocycles. The van der Waals surface area contributed by atoms with Gasteiger partial charge in [-0.05, 0) is 24.3 Å². The lowest BCUT2D eigenvalue weighted by molar-refractivity contribution is 0.480. The SMILES string of the molecule is Oc1cccc2sc(-c3ccc(Br)cc3)nc12. The van der Waals surface area contributed by atoms with Gasteiger partial charge in [-0.1, -0.05) is 34.1 Å². The van der Waals surface area contributed by atoms with Gasteiger partial charge in [-0.15, -0.1) is 11.3 Å². The molecule has 17 heavy (non-hydrogen) atoms. The molecule has 4 heteroatoms. The molecule has 0 saturated heterocycles. The number of nitrogens with zero attached hydrogens (tertiary/aromatic N) is 1. The minimum absolute atomic E-state index is 0.238. The fourth-order valence-corrected chi connectivity index (χ4v) is 2.91. The van der Waals surface area contributed by atoms with Crippen LogP contribution in [0.4, 0.5) is 0 Å². The molecular weight excluding hydrogens is 298 g/mol. The number of rotatable bonds is 1. The first-order chi connectivity index (χ1) is 8.24. The van der Waals surface area contributed by atoms with E-state index in [1.165, 1.54) is 0 Å². The first-order valence-corrected chi connectivity index (χ1v) is 6.69. The zero-order chi connectivity index (χ0) is 11.8. The fourth-order valence-electron chi connectivity index (χ4n) is 1.65. The lowest BCUT2D eigenvalue weighted by Crippen LogP contribution is -1.75. The van der Waals surface area contributed by atoms with Crippen LogP contribution in [-0.4, -0.2) is 10.1 Å². The van der Waals surface area contributed by atoms with Crippen molar-refractivity contribution in [2.24, 2.45) is 0 Å². The van der Waals surface area contributed by atoms with Crippen LogP contribution in [0.5, 0.6) is 5.75 Å². The highest BCUT2D eigenvalue weighted by molar-refractivity contribution is 9.10. The number of para-hydroxylation sites is 1. The van der Waals surface area contributed by atoms with Crippen molar-refractivity contribution in [3.63, 3.8) is 0 Å². The molecule has 0 unspecified atom stereocenters. The van der Waals surface area contributed by atoms with E-state index in [-0.39, 0.29) is 5.75 Å². The quantitative estimate of drug-likeness (QED) is 0.721. The molecule has 3 aromatic rings. The van der Waals surface area contributed by atoms with Crippen molar-refractivity contribution in [2.75, 3.05) is 0 Å². The van der Waals surface area contributed by atoms with Gasteiger partial charge in [0.15, 0.2) is 0 Å². The Bertz CT molecular complexity index is 675. The standard InChI is InChI=1S/C13H8BrNOS/c14-9-6-4-8(5-7-9)13-15-12-10(16)2-1-3-11(12)17-13/h1-7,16H. The average molecular weight is 306 g/mol. The Kier molecular flexibility index (Phi) is 2.61. The Morgan fingerprint density at radius 1 is 1.06 bits per heavy atom. The average Bonchev–Trinajstić information content (AvgIpc) is 2.75. The van der Waals surface area contributed by atoms with E-state index < -0.39 is 0 Å². The van der Waals surface area contributed by atoms with Crippen LogP contribution in [0, 0.1) is 0 Å². The van der Waals surface area contributed by atoms with E-state index in [4.69, 9.17) is 0 Å². The summed E-state index contributed by atoms with van der Waals surface area (Å²) in [4.78, 5) is 4.47. The Balaban J connectivity index is 2.18. The van der Waals surface area contributed by atoms with Gasteiger partial charge in [0, 0.05) is 10.0 Å². The zero-order valence-corrected chi connectivity index (χ0v) is 11.1. The number of thiazole rings is 1. The van der Waals surface area contributed by atoms with Gasteiger partial charge in [-0.25, -0.2) is 4.98 Å². The van der Waals surface area contributed by atoms with E-state index in [0.29, 0.717) is 5.52 Å². The summed E-state index contributed by atoms with van der Waals surface area (Å²) < 4.78 is 2.05. The van der Waals surface area contributed by atoms with Crippen LogP contribution in [-0.2, 0) is 0 Å². The Morgan fingerprint density at radius 3 is 2.53 bits per heavy atom. The topological polar surface area (TPSA) is 33.1 Å². The normalized spacial score (nSPS) is 10.9. The highest BCUT2D eigenvalue weighted by Crippen LogP contribution is 2.34. The molecule has 0 saturated carbocycles. The predicted octanol–water partition coefficient (Wildman–Crippen LogP) is 4.43. The monoisotopic (exact) mass is 305 g/mol. The largest absolute Gasteiger partial charge is 0.506 e. The van der Waals surface area contributed by atoms with Crippen LogP contribution in [0.3, 0.4) is 0 Å². The third-order valence-electron chi connectivity index (χ3n) is 2.49. The number of aromatic hydroxyl groups is 1. The van der Waals surface area contributed by atoms with E-state index in [0.717, 1.165) is 19.7 Å². The van der Waals surface area contributed by atoms with Crippen LogP contribution in [0.2, 0.25) is 0 Å². The van der Waals surface area contributed by atoms with Gasteiger partial charge in [0.05, 0.1) is 4.70 Å². The molecule has 0 amide bonds. The maximum Gasteiger partial charge on any atom is 0.142 e. The molecule has 0 aliphatic heterocycles. The zero-order valence-electron chi connectivity index (χ0n) is 8.72. The second-order valence-corrected chi connectivity index (χ2v) is 5.60. The lowest BCUT2D eigenvalue weighted by atomic mass is 10.2. The van der Waals surface area contributed by atoms with Gasteiger partial charge >= 0.3 is 0 Å². The summed E-state index contributed by atoms with van der Waals surface area (Å²) in [5.74, 6) is 0.238. The van der Waals surface area contributed by atoms with Gasteiger partial charge in [0.2, 0.25) is 0 Å². The summed E-state index contributed by atoms with van der Waals surface area (Å²) in [5, 5.41) is 10.6. The van der Waals surface area contributed by atoms with Crippen molar-refractivity contribution < 1.29 is 5.11 Å². The number of phenolic OH excluding ortho intramolecular Hbond substituents is 1. The molecule has 1 aromatic heterocycles. The molecule has 2 nitrogen and oxygen atoms in total. The minimum Gasteiger partial charge on any atom is -0.506 e. The van der Waals surface area contributed by atoms with E-state index in [9.17, 15) is 5.11 Å². The molecule has 0 spiro atoms. The maximum absolute atomic E-state index is 9.71. The van der Waals surface area contributed by atoms with Gasteiger partial charge < -0.3 is 5.11 Å². The number of phenols is 1. The first kappa shape index (κ1) is 10.7. The van der Waals surface area contributed by atoms with Crippen molar-refractivity contribution >= 4 is 37.5 Å². The number of aromatic nitrogens is 1. The summed E-state index contributed by atoms with van der Waals surface area (Å²) in [7, 11) is 0. The summed E-state index contributed by atoms with van der Waals surface area (Å²) in [5.41, 5.74) is 1.74. The highest BCUT2D eigenvalue weighted by atomic mass is 79.9. The number of hydrogen-bond donors (Lipinski definition) is 1. The van der Waals surface area contributed by atoms with Crippen LogP contribution >= 0.6 is 27.3 Å². The molecule has 84 valence electrons. The molecule has 0 fully saturated rings. The van der Waals surface area contributed by atoms with Crippen molar-refractivity contribution in [1.29, 1.82) is 0 Å². The summed E-state index contributed by atoms with van der Waals surface area (Å²) >= 11 is 4.99. The molecular formula is C13H8BrNOS. The van der Waals surface area contributed by atoms with Gasteiger partial charge in [0.1, 0.15) is 16.3 Å². The predicted molar refractivity (Wildman–Crippen MR) is 74.4 cm³/mol. The number of halogens is 1. The summed E-state index contributed by atoms with van der Waals surface area (Å²) in [6.45, 7) is 0. The summed E-state index contributed by atoms with van der Waals surface area (Å²) in [6.07, 6.45) is 0. The first-order valence-electron chi connectivity index (χ1n) is 5.08. The highest BCUT2D eigenvalue weighted by Gasteiger charge is 2.08. The van der Waals surface area contributed by atoms with Crippen LogP contribution in [0.1, 0.15) is 0 Å². The Hall–Kier alpha value is -1.39. The minimum atomic E-state index is 0.238. The second-order valence-electron chi connectivity index (χ2n) is 3.65. The van der Waals surface area contributed by atoms with E-state index >= 15 is 0 Å². The lowest BCUT2D eigenvalue weighted by Gasteiger charge is -1.95. The molecule has 0 radical (unpaired) electrons. The molecule has 3 rings (SSSR count). The summed E-state index contributed by atoms with van der Waals surface area (Å²) in [6, 6.07) is 13.5. The maximum atomic E-state index is 9.71. The van der Waals surface area contributed by atoms with Crippen LogP contribution < -0.4 is 0 Å². The number of benzene rings is 2. The van der Waals surface area contributed by atoms with Crippen molar-refractivity contribution in [2.45, 2.75) is 0 Å². The third-order valence-corrected chi connectivity index (χ3v) is 4.09. The van der Waals surface area contributed by atoms with Crippen molar-refractivity contribution in [3.8, 4) is 16.3 Å². The molecule has 2 aromatic carbocycles. The van der Waals surface area contributed by atoms with E-state index in [1.54, 1.807) is 17.4 Å². The van der Waals surface area contributed by atoms with Crippen LogP contribution in [0.15, 0.2) is 46.9 Å². The van der Waals surface area contributed by atoms with Gasteiger partial charge in [-0.3, -0.25) is 0 Å².